The number of benzene rings is 2. The minimum Gasteiger partial charge on any atom is -0.326 e. The lowest BCUT2D eigenvalue weighted by molar-refractivity contribution is 0.791. The summed E-state index contributed by atoms with van der Waals surface area (Å²) in [5.41, 5.74) is 8.40. The van der Waals surface area contributed by atoms with E-state index in [-0.39, 0.29) is 0 Å². The summed E-state index contributed by atoms with van der Waals surface area (Å²) in [6, 6.07) is 15.2. The Labute approximate surface area is 121 Å². The Morgan fingerprint density at radius 3 is 2.60 bits per heavy atom. The monoisotopic (exact) mass is 285 g/mol. The summed E-state index contributed by atoms with van der Waals surface area (Å²) in [6.07, 6.45) is 0. The maximum absolute atomic E-state index is 6.00. The van der Waals surface area contributed by atoms with Crippen molar-refractivity contribution in [1.29, 1.82) is 0 Å². The van der Waals surface area contributed by atoms with E-state index in [2.05, 4.69) is 15.5 Å². The van der Waals surface area contributed by atoms with Gasteiger partial charge in [-0.05, 0) is 34.2 Å². The third-order valence-electron chi connectivity index (χ3n) is 2.97. The van der Waals surface area contributed by atoms with Crippen LogP contribution >= 0.6 is 11.6 Å². The van der Waals surface area contributed by atoms with Crippen LogP contribution in [0.5, 0.6) is 0 Å². The summed E-state index contributed by atoms with van der Waals surface area (Å²) in [4.78, 5) is 0. The Morgan fingerprint density at radius 2 is 1.90 bits per heavy atom. The zero-order chi connectivity index (χ0) is 13.9. The molecule has 0 aliphatic carbocycles. The van der Waals surface area contributed by atoms with Crippen LogP contribution in [0.1, 0.15) is 5.56 Å². The van der Waals surface area contributed by atoms with Gasteiger partial charge in [0.1, 0.15) is 0 Å². The quantitative estimate of drug-likeness (QED) is 0.802. The number of nitrogens with two attached hydrogens (primary N) is 1. The van der Waals surface area contributed by atoms with E-state index in [1.807, 2.05) is 48.5 Å². The van der Waals surface area contributed by atoms with E-state index >= 15 is 0 Å². The first-order chi connectivity index (χ1) is 9.78. The van der Waals surface area contributed by atoms with Crippen molar-refractivity contribution in [3.8, 4) is 17.1 Å². The topological polar surface area (TPSA) is 69.6 Å². The van der Waals surface area contributed by atoms with Crippen LogP contribution < -0.4 is 5.73 Å². The van der Waals surface area contributed by atoms with Gasteiger partial charge >= 0.3 is 0 Å². The fourth-order valence-electron chi connectivity index (χ4n) is 1.94. The first kappa shape index (κ1) is 12.8. The molecule has 0 unspecified atom stereocenters. The lowest BCUT2D eigenvalue weighted by Gasteiger charge is -2.05. The molecule has 3 aromatic rings. The summed E-state index contributed by atoms with van der Waals surface area (Å²) in [6.45, 7) is 0.513. The molecule has 0 radical (unpaired) electrons. The van der Waals surface area contributed by atoms with Crippen molar-refractivity contribution in [3.63, 3.8) is 0 Å². The number of halogens is 1. The van der Waals surface area contributed by atoms with Crippen LogP contribution in [-0.4, -0.2) is 20.2 Å². The zero-order valence-electron chi connectivity index (χ0n) is 10.6. The predicted octanol–water partition coefficient (Wildman–Crippen LogP) is 2.44. The Hall–Kier alpha value is -2.24. The van der Waals surface area contributed by atoms with Gasteiger partial charge < -0.3 is 5.73 Å². The molecular formula is C14H12ClN5. The van der Waals surface area contributed by atoms with Crippen molar-refractivity contribution >= 4 is 11.6 Å². The van der Waals surface area contributed by atoms with Gasteiger partial charge in [0, 0.05) is 17.1 Å². The Morgan fingerprint density at radius 1 is 1.10 bits per heavy atom. The molecule has 1 aromatic heterocycles. The standard InChI is InChI=1S/C14H12ClN5/c15-12-2-1-3-13(8-12)20-14(17-18-19-20)11-6-4-10(9-16)5-7-11/h1-8H,9,16H2. The molecule has 2 N–H and O–H groups in total. The third kappa shape index (κ3) is 2.41. The van der Waals surface area contributed by atoms with Crippen molar-refractivity contribution in [3.05, 3.63) is 59.1 Å². The molecule has 0 spiro atoms. The largest absolute Gasteiger partial charge is 0.326 e. The molecule has 20 heavy (non-hydrogen) atoms. The van der Waals surface area contributed by atoms with Crippen molar-refractivity contribution in [2.45, 2.75) is 6.54 Å². The molecule has 0 saturated heterocycles. The summed E-state index contributed by atoms with van der Waals surface area (Å²) in [5.74, 6) is 0.663. The SMILES string of the molecule is NCc1ccc(-c2nnnn2-c2cccc(Cl)c2)cc1. The fraction of sp³-hybridized carbons (Fsp3) is 0.0714. The molecule has 0 atom stereocenters. The molecule has 100 valence electrons. The van der Waals surface area contributed by atoms with Crippen LogP contribution in [0.4, 0.5) is 0 Å². The van der Waals surface area contributed by atoms with E-state index in [0.29, 0.717) is 17.4 Å². The maximum atomic E-state index is 6.00. The average molecular weight is 286 g/mol. The Balaban J connectivity index is 2.05. The van der Waals surface area contributed by atoms with Gasteiger partial charge in [0.25, 0.3) is 0 Å². The first-order valence-corrected chi connectivity index (χ1v) is 6.49. The van der Waals surface area contributed by atoms with E-state index < -0.39 is 0 Å². The van der Waals surface area contributed by atoms with Crippen LogP contribution in [0.25, 0.3) is 17.1 Å². The highest BCUT2D eigenvalue weighted by atomic mass is 35.5. The normalized spacial score (nSPS) is 10.7. The zero-order valence-corrected chi connectivity index (χ0v) is 11.3. The number of nitrogens with zero attached hydrogens (tertiary/aromatic N) is 4. The van der Waals surface area contributed by atoms with Gasteiger partial charge in [0.2, 0.25) is 0 Å². The molecule has 0 bridgehead atoms. The lowest BCUT2D eigenvalue weighted by atomic mass is 10.1. The minimum atomic E-state index is 0.513. The van der Waals surface area contributed by atoms with Gasteiger partial charge in [-0.3, -0.25) is 0 Å². The van der Waals surface area contributed by atoms with Crippen molar-refractivity contribution < 1.29 is 0 Å². The van der Waals surface area contributed by atoms with Gasteiger partial charge in [-0.15, -0.1) is 5.10 Å². The Bertz CT molecular complexity index is 720. The summed E-state index contributed by atoms with van der Waals surface area (Å²) >= 11 is 6.00. The molecule has 0 aliphatic rings. The second-order valence-corrected chi connectivity index (χ2v) is 4.73. The summed E-state index contributed by atoms with van der Waals surface area (Å²) < 4.78 is 1.66. The average Bonchev–Trinajstić information content (AvgIpc) is 2.97. The molecule has 0 aliphatic heterocycles. The second-order valence-electron chi connectivity index (χ2n) is 4.30. The highest BCUT2D eigenvalue weighted by Crippen LogP contribution is 2.21. The van der Waals surface area contributed by atoms with E-state index in [4.69, 9.17) is 17.3 Å². The fourth-order valence-corrected chi connectivity index (χ4v) is 2.12. The first-order valence-electron chi connectivity index (χ1n) is 6.11. The molecule has 0 amide bonds. The smallest absolute Gasteiger partial charge is 0.187 e. The van der Waals surface area contributed by atoms with Crippen LogP contribution in [0.15, 0.2) is 48.5 Å². The van der Waals surface area contributed by atoms with Gasteiger partial charge in [0.05, 0.1) is 5.69 Å². The highest BCUT2D eigenvalue weighted by molar-refractivity contribution is 6.30. The lowest BCUT2D eigenvalue weighted by Crippen LogP contribution is -2.00. The molecule has 0 fully saturated rings. The van der Waals surface area contributed by atoms with Crippen molar-refractivity contribution in [1.82, 2.24) is 20.2 Å². The maximum Gasteiger partial charge on any atom is 0.187 e. The number of tetrazole rings is 1. The number of hydrogen-bond acceptors (Lipinski definition) is 4. The van der Waals surface area contributed by atoms with Crippen molar-refractivity contribution in [2.75, 3.05) is 0 Å². The van der Waals surface area contributed by atoms with Gasteiger partial charge in [0.15, 0.2) is 5.82 Å². The third-order valence-corrected chi connectivity index (χ3v) is 3.21. The molecule has 3 rings (SSSR count). The second kappa shape index (κ2) is 5.40. The minimum absolute atomic E-state index is 0.513. The number of aromatic nitrogens is 4. The molecule has 6 heteroatoms. The van der Waals surface area contributed by atoms with Gasteiger partial charge in [-0.1, -0.05) is 41.9 Å². The molecule has 2 aromatic carbocycles. The van der Waals surface area contributed by atoms with E-state index in [0.717, 1.165) is 16.8 Å². The van der Waals surface area contributed by atoms with E-state index in [1.165, 1.54) is 0 Å². The van der Waals surface area contributed by atoms with Gasteiger partial charge in [-0.25, -0.2) is 0 Å². The summed E-state index contributed by atoms with van der Waals surface area (Å²) in [5, 5.41) is 12.5. The van der Waals surface area contributed by atoms with Crippen LogP contribution in [0.2, 0.25) is 5.02 Å². The van der Waals surface area contributed by atoms with E-state index in [9.17, 15) is 0 Å². The molecule has 0 saturated carbocycles. The molecule has 1 heterocycles. The number of rotatable bonds is 3. The summed E-state index contributed by atoms with van der Waals surface area (Å²) in [7, 11) is 0. The Kier molecular flexibility index (Phi) is 3.45. The predicted molar refractivity (Wildman–Crippen MR) is 77.5 cm³/mol. The van der Waals surface area contributed by atoms with Crippen molar-refractivity contribution in [2.24, 2.45) is 5.73 Å². The van der Waals surface area contributed by atoms with Crippen LogP contribution in [-0.2, 0) is 6.54 Å². The highest BCUT2D eigenvalue weighted by Gasteiger charge is 2.10. The van der Waals surface area contributed by atoms with Crippen LogP contribution in [0, 0.1) is 0 Å². The molecule has 5 nitrogen and oxygen atoms in total. The number of hydrogen-bond donors (Lipinski definition) is 1. The van der Waals surface area contributed by atoms with Gasteiger partial charge in [-0.2, -0.15) is 4.68 Å². The van der Waals surface area contributed by atoms with Crippen LogP contribution in [0.3, 0.4) is 0 Å². The molecular weight excluding hydrogens is 274 g/mol. The van der Waals surface area contributed by atoms with E-state index in [1.54, 1.807) is 4.68 Å².